The lowest BCUT2D eigenvalue weighted by atomic mass is 10.2. The number of hydrogen-bond donors (Lipinski definition) is 0. The normalized spacial score (nSPS) is 17.2. The van der Waals surface area contributed by atoms with Gasteiger partial charge in [0.2, 0.25) is 15.9 Å². The molecule has 7 nitrogen and oxygen atoms in total. The maximum absolute atomic E-state index is 13.0. The van der Waals surface area contributed by atoms with Gasteiger partial charge in [-0.1, -0.05) is 6.07 Å². The number of piperazine rings is 1. The molecule has 2 aliphatic rings. The second kappa shape index (κ2) is 7.03. The van der Waals surface area contributed by atoms with Crippen molar-refractivity contribution in [1.29, 1.82) is 0 Å². The number of fused-ring (bicyclic) bond motifs is 1. The number of benzene rings is 1. The van der Waals surface area contributed by atoms with Crippen LogP contribution in [-0.2, 0) is 32.6 Å². The highest BCUT2D eigenvalue weighted by atomic mass is 32.2. The van der Waals surface area contributed by atoms with E-state index in [1.165, 1.54) is 4.31 Å². The Labute approximate surface area is 159 Å². The highest BCUT2D eigenvalue weighted by molar-refractivity contribution is 7.89. The lowest BCUT2D eigenvalue weighted by Gasteiger charge is -2.34. The first-order chi connectivity index (χ1) is 12.6. The summed E-state index contributed by atoms with van der Waals surface area (Å²) in [5.74, 6) is 0.0336. The zero-order chi connectivity index (χ0) is 18.1. The summed E-state index contributed by atoms with van der Waals surface area (Å²) in [6.45, 7) is 1.36. The van der Waals surface area contributed by atoms with Crippen molar-refractivity contribution in [3.63, 3.8) is 0 Å². The Morgan fingerprint density at radius 1 is 1.12 bits per heavy atom. The van der Waals surface area contributed by atoms with Gasteiger partial charge in [0.25, 0.3) is 0 Å². The molecule has 1 aromatic heterocycles. The molecule has 0 N–H and O–H groups in total. The molecule has 0 radical (unpaired) electrons. The Morgan fingerprint density at radius 2 is 1.92 bits per heavy atom. The minimum Gasteiger partial charge on any atom is -0.340 e. The van der Waals surface area contributed by atoms with Gasteiger partial charge < -0.3 is 4.90 Å². The van der Waals surface area contributed by atoms with Gasteiger partial charge in [-0.25, -0.2) is 8.42 Å². The molecule has 2 aromatic rings. The molecule has 2 aliphatic heterocycles. The zero-order valence-corrected chi connectivity index (χ0v) is 16.2. The number of carbonyl (C=O) groups excluding carboxylic acids is 1. The fourth-order valence-corrected chi connectivity index (χ4v) is 5.83. The summed E-state index contributed by atoms with van der Waals surface area (Å²) < 4.78 is 35.6. The Bertz CT molecular complexity index is 1000. The number of rotatable bonds is 4. The van der Waals surface area contributed by atoms with Crippen molar-refractivity contribution in [2.75, 3.05) is 26.2 Å². The molecule has 0 spiro atoms. The Balaban J connectivity index is 1.45. The molecule has 136 valence electrons. The summed E-state index contributed by atoms with van der Waals surface area (Å²) >= 11 is 2.56. The maximum Gasteiger partial charge on any atom is 0.245 e. The van der Waals surface area contributed by atoms with Crippen molar-refractivity contribution in [1.82, 2.24) is 9.21 Å². The van der Waals surface area contributed by atoms with Gasteiger partial charge in [-0.3, -0.25) is 4.79 Å². The van der Waals surface area contributed by atoms with Gasteiger partial charge in [0.1, 0.15) is 16.3 Å². The van der Waals surface area contributed by atoms with Crippen molar-refractivity contribution in [2.45, 2.75) is 11.3 Å². The van der Waals surface area contributed by atoms with Gasteiger partial charge in [-0.15, -0.1) is 0 Å². The fraction of sp³-hybridized carbons (Fsp3) is 0.312. The van der Waals surface area contributed by atoms with Crippen LogP contribution < -0.4 is 0 Å². The number of amides is 1. The van der Waals surface area contributed by atoms with Crippen molar-refractivity contribution in [3.05, 3.63) is 40.6 Å². The van der Waals surface area contributed by atoms with Crippen molar-refractivity contribution in [3.8, 4) is 0 Å². The van der Waals surface area contributed by atoms with Gasteiger partial charge >= 0.3 is 0 Å². The van der Waals surface area contributed by atoms with Gasteiger partial charge in [0.15, 0.2) is 0 Å². The number of nitrogens with zero attached hydrogens (tertiary/aromatic N) is 4. The van der Waals surface area contributed by atoms with E-state index in [1.807, 2.05) is 16.8 Å². The molecule has 1 aromatic carbocycles. The SMILES string of the molecule is O=C(Cc1ccsc1)N1CCN(S(=O)(=O)c2cccc3c2N=S=N3)CC1. The van der Waals surface area contributed by atoms with Crippen LogP contribution in [0.4, 0.5) is 11.4 Å². The molecule has 1 saturated heterocycles. The lowest BCUT2D eigenvalue weighted by Crippen LogP contribution is -2.50. The van der Waals surface area contributed by atoms with Crippen LogP contribution in [0.3, 0.4) is 0 Å². The molecule has 1 fully saturated rings. The smallest absolute Gasteiger partial charge is 0.245 e. The Morgan fingerprint density at radius 3 is 2.65 bits per heavy atom. The third-order valence-electron chi connectivity index (χ3n) is 4.39. The second-order valence-electron chi connectivity index (χ2n) is 5.98. The number of thiophene rings is 1. The zero-order valence-electron chi connectivity index (χ0n) is 13.7. The Hall–Kier alpha value is -1.88. The summed E-state index contributed by atoms with van der Waals surface area (Å²) in [5.41, 5.74) is 1.99. The molecule has 0 unspecified atom stereocenters. The molecule has 26 heavy (non-hydrogen) atoms. The van der Waals surface area contributed by atoms with Crippen LogP contribution in [0.25, 0.3) is 0 Å². The average Bonchev–Trinajstić information content (AvgIpc) is 3.32. The van der Waals surface area contributed by atoms with E-state index in [0.29, 0.717) is 30.9 Å². The topological polar surface area (TPSA) is 82.4 Å². The van der Waals surface area contributed by atoms with Crippen LogP contribution in [-0.4, -0.2) is 49.7 Å². The molecule has 0 saturated carbocycles. The molecule has 1 amide bonds. The van der Waals surface area contributed by atoms with E-state index in [4.69, 9.17) is 0 Å². The molecular weight excluding hydrogens is 392 g/mol. The van der Waals surface area contributed by atoms with Gasteiger partial charge in [-0.2, -0.15) is 24.4 Å². The predicted molar refractivity (Wildman–Crippen MR) is 101 cm³/mol. The second-order valence-corrected chi connectivity index (χ2v) is 9.20. The van der Waals surface area contributed by atoms with E-state index >= 15 is 0 Å². The summed E-state index contributed by atoms with van der Waals surface area (Å²) in [6, 6.07) is 6.93. The first kappa shape index (κ1) is 17.5. The summed E-state index contributed by atoms with van der Waals surface area (Å²) in [4.78, 5) is 14.3. The number of carbonyl (C=O) groups is 1. The quantitative estimate of drug-likeness (QED) is 0.665. The predicted octanol–water partition coefficient (Wildman–Crippen LogP) is 2.55. The molecular formula is C16H16N4O3S3. The largest absolute Gasteiger partial charge is 0.340 e. The van der Waals surface area contributed by atoms with E-state index in [1.54, 1.807) is 34.4 Å². The van der Waals surface area contributed by atoms with Gasteiger partial charge in [0, 0.05) is 26.2 Å². The van der Waals surface area contributed by atoms with Crippen LogP contribution in [0.15, 0.2) is 48.6 Å². The molecule has 4 rings (SSSR count). The number of hydrogen-bond acceptors (Lipinski definition) is 6. The molecule has 0 bridgehead atoms. The standard InChI is InChI=1S/C16H16N4O3S3/c21-15(10-12-4-9-24-11-12)19-5-7-20(8-6-19)26(22,23)14-3-1-2-13-16(14)18-25-17-13/h1-4,9,11H,5-8,10H2. The third kappa shape index (κ3) is 3.25. The number of sulfonamides is 1. The molecule has 0 aliphatic carbocycles. The summed E-state index contributed by atoms with van der Waals surface area (Å²) in [7, 11) is -3.66. The summed E-state index contributed by atoms with van der Waals surface area (Å²) in [6.07, 6.45) is 0.361. The van der Waals surface area contributed by atoms with Gasteiger partial charge in [0.05, 0.1) is 17.8 Å². The van der Waals surface area contributed by atoms with E-state index in [-0.39, 0.29) is 23.9 Å². The van der Waals surface area contributed by atoms with E-state index < -0.39 is 10.0 Å². The Kier molecular flexibility index (Phi) is 4.74. The highest BCUT2D eigenvalue weighted by Gasteiger charge is 2.32. The summed E-state index contributed by atoms with van der Waals surface area (Å²) in [5, 5.41) is 3.90. The van der Waals surface area contributed by atoms with Gasteiger partial charge in [-0.05, 0) is 34.5 Å². The average molecular weight is 409 g/mol. The van der Waals surface area contributed by atoms with Crippen LogP contribution in [0.2, 0.25) is 0 Å². The van der Waals surface area contributed by atoms with E-state index in [0.717, 1.165) is 16.9 Å². The van der Waals surface area contributed by atoms with Crippen LogP contribution in [0.1, 0.15) is 5.56 Å². The molecule has 10 heteroatoms. The third-order valence-corrected chi connectivity index (χ3v) is 7.60. The van der Waals surface area contributed by atoms with Crippen molar-refractivity contribution < 1.29 is 13.2 Å². The van der Waals surface area contributed by atoms with Crippen LogP contribution >= 0.6 is 11.3 Å². The van der Waals surface area contributed by atoms with Crippen molar-refractivity contribution >= 4 is 50.0 Å². The first-order valence-corrected chi connectivity index (χ1v) is 11.2. The fourth-order valence-electron chi connectivity index (χ4n) is 2.99. The van der Waals surface area contributed by atoms with Crippen molar-refractivity contribution in [2.24, 2.45) is 8.73 Å². The minimum absolute atomic E-state index is 0.0336. The van der Waals surface area contributed by atoms with Crippen LogP contribution in [0.5, 0.6) is 0 Å². The van der Waals surface area contributed by atoms with E-state index in [9.17, 15) is 13.2 Å². The molecule has 3 heterocycles. The van der Waals surface area contributed by atoms with Crippen LogP contribution in [0, 0.1) is 0 Å². The van der Waals surface area contributed by atoms with E-state index in [2.05, 4.69) is 8.73 Å². The molecule has 0 atom stereocenters. The monoisotopic (exact) mass is 408 g/mol. The lowest BCUT2D eigenvalue weighted by molar-refractivity contribution is -0.131. The minimum atomic E-state index is -3.66. The maximum atomic E-state index is 13.0. The highest BCUT2D eigenvalue weighted by Crippen LogP contribution is 2.38. The first-order valence-electron chi connectivity index (χ1n) is 8.06.